The van der Waals surface area contributed by atoms with Gasteiger partial charge in [0.15, 0.2) is 0 Å². The number of pyridine rings is 1. The van der Waals surface area contributed by atoms with Crippen molar-refractivity contribution < 1.29 is 14.3 Å². The van der Waals surface area contributed by atoms with Gasteiger partial charge in [-0.2, -0.15) is 5.10 Å². The molecule has 1 aromatic carbocycles. The lowest BCUT2D eigenvalue weighted by molar-refractivity contribution is 0.0871. The Labute approximate surface area is 184 Å². The van der Waals surface area contributed by atoms with Gasteiger partial charge in [0, 0.05) is 37.1 Å². The van der Waals surface area contributed by atoms with Gasteiger partial charge in [0.25, 0.3) is 5.91 Å². The molecule has 1 fully saturated rings. The van der Waals surface area contributed by atoms with Gasteiger partial charge < -0.3 is 15.0 Å². The minimum atomic E-state index is -0.314. The van der Waals surface area contributed by atoms with E-state index in [4.69, 9.17) is 4.74 Å². The average molecular weight is 430 g/mol. The first kappa shape index (κ1) is 19.8. The lowest BCUT2D eigenvalue weighted by atomic mass is 9.97. The van der Waals surface area contributed by atoms with Gasteiger partial charge in [-0.25, -0.2) is 14.5 Å². The average Bonchev–Trinajstić information content (AvgIpc) is 3.41. The van der Waals surface area contributed by atoms with Crippen LogP contribution in [-0.2, 0) is 4.74 Å². The SMILES string of the molecule is COC(=O)N1CC(c2ccn(-c3ccc(C)c(NC(=O)c4cnc5ccccn45)c3)n2)C1. The van der Waals surface area contributed by atoms with Crippen molar-refractivity contribution in [1.82, 2.24) is 24.1 Å². The van der Waals surface area contributed by atoms with Crippen LogP contribution >= 0.6 is 0 Å². The van der Waals surface area contributed by atoms with Crippen molar-refractivity contribution in [2.75, 3.05) is 25.5 Å². The highest BCUT2D eigenvalue weighted by molar-refractivity contribution is 6.04. The van der Waals surface area contributed by atoms with E-state index < -0.39 is 0 Å². The molecule has 2 amide bonds. The zero-order valence-corrected chi connectivity index (χ0v) is 17.7. The number of aryl methyl sites for hydroxylation is 1. The Morgan fingerprint density at radius 1 is 1.12 bits per heavy atom. The van der Waals surface area contributed by atoms with Gasteiger partial charge in [-0.1, -0.05) is 12.1 Å². The number of fused-ring (bicyclic) bond motifs is 1. The molecule has 5 rings (SSSR count). The standard InChI is InChI=1S/C23H22N6O3/c1-15-6-7-17(29-10-8-18(26-29)16-13-27(14-16)23(31)32-2)11-19(15)25-22(30)20-12-24-21-5-3-4-9-28(20)21/h3-12,16H,13-14H2,1-2H3,(H,25,30). The van der Waals surface area contributed by atoms with E-state index in [-0.39, 0.29) is 17.9 Å². The van der Waals surface area contributed by atoms with E-state index in [1.54, 1.807) is 20.2 Å². The molecule has 1 aliphatic rings. The first-order chi connectivity index (χ1) is 15.5. The fourth-order valence-corrected chi connectivity index (χ4v) is 3.82. The predicted molar refractivity (Wildman–Crippen MR) is 118 cm³/mol. The molecular formula is C23H22N6O3. The summed E-state index contributed by atoms with van der Waals surface area (Å²) >= 11 is 0. The van der Waals surface area contributed by atoms with Crippen LogP contribution in [0, 0.1) is 6.92 Å². The first-order valence-corrected chi connectivity index (χ1v) is 10.3. The number of hydrogen-bond acceptors (Lipinski definition) is 5. The molecule has 0 bridgehead atoms. The van der Waals surface area contributed by atoms with Crippen LogP contribution < -0.4 is 5.32 Å². The van der Waals surface area contributed by atoms with E-state index in [1.807, 2.05) is 61.8 Å². The molecule has 0 aliphatic carbocycles. The quantitative estimate of drug-likeness (QED) is 0.536. The minimum absolute atomic E-state index is 0.190. The monoisotopic (exact) mass is 430 g/mol. The molecule has 1 aliphatic heterocycles. The van der Waals surface area contributed by atoms with Crippen LogP contribution in [0.4, 0.5) is 10.5 Å². The number of aromatic nitrogens is 4. The molecule has 9 nitrogen and oxygen atoms in total. The van der Waals surface area contributed by atoms with Crippen molar-refractivity contribution in [2.24, 2.45) is 0 Å². The second-order valence-corrected chi connectivity index (χ2v) is 7.78. The number of carbonyl (C=O) groups is 2. The van der Waals surface area contributed by atoms with Gasteiger partial charge in [0.1, 0.15) is 11.3 Å². The van der Waals surface area contributed by atoms with Crippen molar-refractivity contribution in [2.45, 2.75) is 12.8 Å². The zero-order chi connectivity index (χ0) is 22.2. The van der Waals surface area contributed by atoms with Crippen molar-refractivity contribution >= 4 is 23.3 Å². The van der Waals surface area contributed by atoms with Crippen molar-refractivity contribution in [3.8, 4) is 5.69 Å². The Bertz CT molecular complexity index is 1320. The second kappa shape index (κ2) is 7.84. The molecule has 9 heteroatoms. The summed E-state index contributed by atoms with van der Waals surface area (Å²) in [5, 5.41) is 7.67. The summed E-state index contributed by atoms with van der Waals surface area (Å²) in [6, 6.07) is 13.3. The third-order valence-corrected chi connectivity index (χ3v) is 5.73. The highest BCUT2D eigenvalue weighted by Crippen LogP contribution is 2.27. The number of rotatable bonds is 4. The molecule has 0 spiro atoms. The Morgan fingerprint density at radius 2 is 1.97 bits per heavy atom. The molecule has 1 saturated heterocycles. The van der Waals surface area contributed by atoms with Crippen LogP contribution in [0.5, 0.6) is 0 Å². The summed E-state index contributed by atoms with van der Waals surface area (Å²) in [5.41, 5.74) is 4.58. The van der Waals surface area contributed by atoms with Crippen molar-refractivity contribution in [1.29, 1.82) is 0 Å². The number of anilines is 1. The lowest BCUT2D eigenvalue weighted by Crippen LogP contribution is -2.48. The number of methoxy groups -OCH3 is 1. The number of amides is 2. The fourth-order valence-electron chi connectivity index (χ4n) is 3.82. The smallest absolute Gasteiger partial charge is 0.409 e. The normalized spacial score (nSPS) is 13.8. The minimum Gasteiger partial charge on any atom is -0.453 e. The third-order valence-electron chi connectivity index (χ3n) is 5.73. The molecule has 0 unspecified atom stereocenters. The summed E-state index contributed by atoms with van der Waals surface area (Å²) in [4.78, 5) is 30.4. The number of carbonyl (C=O) groups excluding carboxylic acids is 2. The molecule has 4 aromatic rings. The lowest BCUT2D eigenvalue weighted by Gasteiger charge is -2.36. The van der Waals surface area contributed by atoms with Gasteiger partial charge in [-0.05, 0) is 42.8 Å². The largest absolute Gasteiger partial charge is 0.453 e. The van der Waals surface area contributed by atoms with Gasteiger partial charge in [-0.15, -0.1) is 0 Å². The summed E-state index contributed by atoms with van der Waals surface area (Å²) in [6.07, 6.45) is 4.95. The van der Waals surface area contributed by atoms with E-state index in [0.717, 1.165) is 16.9 Å². The van der Waals surface area contributed by atoms with Crippen LogP contribution in [0.1, 0.15) is 27.7 Å². The van der Waals surface area contributed by atoms with Gasteiger partial charge in [0.05, 0.1) is 24.7 Å². The molecule has 0 radical (unpaired) electrons. The second-order valence-electron chi connectivity index (χ2n) is 7.78. The van der Waals surface area contributed by atoms with Crippen LogP contribution in [0.15, 0.2) is 61.1 Å². The maximum absolute atomic E-state index is 12.9. The number of hydrogen-bond donors (Lipinski definition) is 1. The van der Waals surface area contributed by atoms with Crippen LogP contribution in [0.25, 0.3) is 11.3 Å². The summed E-state index contributed by atoms with van der Waals surface area (Å²) in [5.74, 6) is -0.0439. The fraction of sp³-hybridized carbons (Fsp3) is 0.217. The number of ether oxygens (including phenoxy) is 1. The van der Waals surface area contributed by atoms with Crippen LogP contribution in [0.2, 0.25) is 0 Å². The third kappa shape index (κ3) is 3.47. The number of likely N-dealkylation sites (tertiary alicyclic amines) is 1. The number of benzene rings is 1. The Kier molecular flexibility index (Phi) is 4.85. The Balaban J connectivity index is 1.34. The Hall–Kier alpha value is -4.14. The number of nitrogens with one attached hydrogen (secondary N) is 1. The van der Waals surface area contributed by atoms with Gasteiger partial charge >= 0.3 is 6.09 Å². The summed E-state index contributed by atoms with van der Waals surface area (Å²) in [7, 11) is 1.38. The van der Waals surface area contributed by atoms with E-state index >= 15 is 0 Å². The number of nitrogens with zero attached hydrogens (tertiary/aromatic N) is 5. The van der Waals surface area contributed by atoms with Crippen molar-refractivity contribution in [3.63, 3.8) is 0 Å². The van der Waals surface area contributed by atoms with Gasteiger partial charge in [-0.3, -0.25) is 9.20 Å². The molecular weight excluding hydrogens is 408 g/mol. The molecule has 162 valence electrons. The topological polar surface area (TPSA) is 93.8 Å². The highest BCUT2D eigenvalue weighted by atomic mass is 16.5. The van der Waals surface area contributed by atoms with E-state index in [9.17, 15) is 9.59 Å². The maximum Gasteiger partial charge on any atom is 0.409 e. The zero-order valence-electron chi connectivity index (χ0n) is 17.7. The molecule has 0 saturated carbocycles. The van der Waals surface area contributed by atoms with Crippen molar-refractivity contribution in [3.05, 3.63) is 78.0 Å². The highest BCUT2D eigenvalue weighted by Gasteiger charge is 2.33. The van der Waals surface area contributed by atoms with Gasteiger partial charge in [0.2, 0.25) is 0 Å². The molecule has 32 heavy (non-hydrogen) atoms. The summed E-state index contributed by atoms with van der Waals surface area (Å²) in [6.45, 7) is 3.13. The molecule has 4 heterocycles. The van der Waals surface area contributed by atoms with E-state index in [0.29, 0.717) is 30.1 Å². The Morgan fingerprint density at radius 3 is 2.78 bits per heavy atom. The van der Waals surface area contributed by atoms with Crippen LogP contribution in [0.3, 0.4) is 0 Å². The summed E-state index contributed by atoms with van der Waals surface area (Å²) < 4.78 is 8.27. The molecule has 1 N–H and O–H groups in total. The molecule has 3 aromatic heterocycles. The maximum atomic E-state index is 12.9. The number of imidazole rings is 1. The molecule has 0 atom stereocenters. The van der Waals surface area contributed by atoms with E-state index in [2.05, 4.69) is 15.4 Å². The van der Waals surface area contributed by atoms with E-state index in [1.165, 1.54) is 7.11 Å². The van der Waals surface area contributed by atoms with Crippen LogP contribution in [-0.4, -0.2) is 56.3 Å². The predicted octanol–water partition coefficient (Wildman–Crippen LogP) is 3.25. The first-order valence-electron chi connectivity index (χ1n) is 10.3.